The van der Waals surface area contributed by atoms with Crippen LogP contribution in [0, 0.1) is 0 Å². The Labute approximate surface area is 109 Å². The van der Waals surface area contributed by atoms with Crippen molar-refractivity contribution < 1.29 is 0 Å². The molecule has 1 N–H and O–H groups in total. The molecule has 0 amide bonds. The summed E-state index contributed by atoms with van der Waals surface area (Å²) in [6.45, 7) is 10.5. The maximum Gasteiger partial charge on any atom is 0.0252 e. The third kappa shape index (κ3) is 3.80. The lowest BCUT2D eigenvalue weighted by molar-refractivity contribution is 0.183. The van der Waals surface area contributed by atoms with Crippen LogP contribution in [-0.4, -0.2) is 36.1 Å². The Morgan fingerprint density at radius 3 is 3.06 bits per heavy atom. The number of hydrogen-bond donors (Lipinski definition) is 1. The average Bonchev–Trinajstić information content (AvgIpc) is 2.72. The van der Waals surface area contributed by atoms with E-state index in [1.54, 1.807) is 11.3 Å². The highest BCUT2D eigenvalue weighted by atomic mass is 32.1. The molecule has 0 aromatic carbocycles. The molecule has 2 heterocycles. The second-order valence-electron chi connectivity index (χ2n) is 5.80. The smallest absolute Gasteiger partial charge is 0.0252 e. The van der Waals surface area contributed by atoms with Gasteiger partial charge in [-0.3, -0.25) is 4.90 Å². The van der Waals surface area contributed by atoms with E-state index in [-0.39, 0.29) is 5.54 Å². The van der Waals surface area contributed by atoms with Crippen LogP contribution in [0.3, 0.4) is 0 Å². The molecule has 1 atom stereocenters. The largest absolute Gasteiger partial charge is 0.310 e. The van der Waals surface area contributed by atoms with E-state index >= 15 is 0 Å². The van der Waals surface area contributed by atoms with Crippen LogP contribution in [0.4, 0.5) is 0 Å². The van der Waals surface area contributed by atoms with Crippen LogP contribution >= 0.6 is 11.3 Å². The van der Waals surface area contributed by atoms with Gasteiger partial charge < -0.3 is 5.32 Å². The third-order valence-electron chi connectivity index (χ3n) is 3.66. The maximum atomic E-state index is 3.63. The van der Waals surface area contributed by atoms with Gasteiger partial charge in [-0.15, -0.1) is 0 Å². The molecule has 1 aliphatic rings. The molecular weight excluding hydrogens is 228 g/mol. The average molecular weight is 252 g/mol. The van der Waals surface area contributed by atoms with E-state index in [4.69, 9.17) is 0 Å². The summed E-state index contributed by atoms with van der Waals surface area (Å²) in [6, 6.07) is 2.94. The zero-order valence-electron chi connectivity index (χ0n) is 11.2. The zero-order chi connectivity index (χ0) is 12.3. The predicted molar refractivity (Wildman–Crippen MR) is 75.8 cm³/mol. The Morgan fingerprint density at radius 2 is 2.35 bits per heavy atom. The van der Waals surface area contributed by atoms with E-state index < -0.39 is 0 Å². The highest BCUT2D eigenvalue weighted by Gasteiger charge is 2.27. The van der Waals surface area contributed by atoms with E-state index in [1.165, 1.54) is 24.9 Å². The molecule has 2 rings (SSSR count). The molecule has 1 aromatic rings. The van der Waals surface area contributed by atoms with Crippen LogP contribution in [-0.2, 0) is 6.42 Å². The van der Waals surface area contributed by atoms with Crippen molar-refractivity contribution in [2.24, 2.45) is 0 Å². The number of hydrogen-bond acceptors (Lipinski definition) is 3. The molecule has 2 nitrogen and oxygen atoms in total. The lowest BCUT2D eigenvalue weighted by atomic mass is 10.0. The van der Waals surface area contributed by atoms with Gasteiger partial charge in [0.25, 0.3) is 0 Å². The first-order chi connectivity index (χ1) is 8.07. The first kappa shape index (κ1) is 13.1. The molecule has 1 aliphatic heterocycles. The Balaban J connectivity index is 1.92. The Hall–Kier alpha value is -0.380. The van der Waals surface area contributed by atoms with Gasteiger partial charge in [0.1, 0.15) is 0 Å². The fourth-order valence-electron chi connectivity index (χ4n) is 2.53. The highest BCUT2D eigenvalue weighted by Crippen LogP contribution is 2.16. The van der Waals surface area contributed by atoms with Gasteiger partial charge >= 0.3 is 0 Å². The fourth-order valence-corrected chi connectivity index (χ4v) is 3.23. The standard InChI is InChI=1S/C14H24N2S/c1-12-4-7-15-14(2,3)11-16(12)8-5-13-6-9-17-10-13/h6,9-10,12,15H,4-5,7-8,11H2,1-3H3. The monoisotopic (exact) mass is 252 g/mol. The van der Waals surface area contributed by atoms with Crippen molar-refractivity contribution in [3.8, 4) is 0 Å². The second-order valence-corrected chi connectivity index (χ2v) is 6.58. The zero-order valence-corrected chi connectivity index (χ0v) is 12.0. The summed E-state index contributed by atoms with van der Waals surface area (Å²) in [7, 11) is 0. The van der Waals surface area contributed by atoms with Crippen LogP contribution in [0.1, 0.15) is 32.8 Å². The predicted octanol–water partition coefficient (Wildman–Crippen LogP) is 2.75. The van der Waals surface area contributed by atoms with E-state index in [1.807, 2.05) is 0 Å². The molecule has 0 saturated carbocycles. The summed E-state index contributed by atoms with van der Waals surface area (Å²) in [5, 5.41) is 8.08. The Kier molecular flexibility index (Phi) is 4.23. The molecule has 1 saturated heterocycles. The van der Waals surface area contributed by atoms with Gasteiger partial charge in [-0.05, 0) is 62.5 Å². The minimum Gasteiger partial charge on any atom is -0.310 e. The molecule has 1 unspecified atom stereocenters. The summed E-state index contributed by atoms with van der Waals surface area (Å²) in [5.41, 5.74) is 1.73. The molecule has 0 bridgehead atoms. The highest BCUT2D eigenvalue weighted by molar-refractivity contribution is 7.07. The minimum absolute atomic E-state index is 0.249. The van der Waals surface area contributed by atoms with Gasteiger partial charge in [-0.2, -0.15) is 11.3 Å². The summed E-state index contributed by atoms with van der Waals surface area (Å²) >= 11 is 1.80. The van der Waals surface area contributed by atoms with Crippen molar-refractivity contribution in [3.05, 3.63) is 22.4 Å². The molecular formula is C14H24N2S. The van der Waals surface area contributed by atoms with Gasteiger partial charge in [-0.25, -0.2) is 0 Å². The SMILES string of the molecule is CC1CCNC(C)(C)CN1CCc1ccsc1. The Morgan fingerprint density at radius 1 is 1.53 bits per heavy atom. The topological polar surface area (TPSA) is 15.3 Å². The van der Waals surface area contributed by atoms with Crippen molar-refractivity contribution >= 4 is 11.3 Å². The molecule has 0 aliphatic carbocycles. The van der Waals surface area contributed by atoms with Crippen molar-refractivity contribution in [2.45, 2.75) is 45.2 Å². The normalized spacial score (nSPS) is 25.7. The first-order valence-electron chi connectivity index (χ1n) is 6.57. The van der Waals surface area contributed by atoms with Crippen molar-refractivity contribution in [2.75, 3.05) is 19.6 Å². The van der Waals surface area contributed by atoms with Gasteiger partial charge in [0.2, 0.25) is 0 Å². The summed E-state index contributed by atoms with van der Waals surface area (Å²) < 4.78 is 0. The van der Waals surface area contributed by atoms with Crippen LogP contribution in [0.25, 0.3) is 0 Å². The minimum atomic E-state index is 0.249. The van der Waals surface area contributed by atoms with Crippen LogP contribution < -0.4 is 5.32 Å². The molecule has 96 valence electrons. The van der Waals surface area contributed by atoms with Crippen molar-refractivity contribution in [1.29, 1.82) is 0 Å². The second kappa shape index (κ2) is 5.51. The Bertz CT molecular complexity index is 332. The summed E-state index contributed by atoms with van der Waals surface area (Å²) in [4.78, 5) is 2.64. The maximum absolute atomic E-state index is 3.63. The molecule has 0 spiro atoms. The summed E-state index contributed by atoms with van der Waals surface area (Å²) in [5.74, 6) is 0. The van der Waals surface area contributed by atoms with Crippen molar-refractivity contribution in [3.63, 3.8) is 0 Å². The van der Waals surface area contributed by atoms with E-state index in [0.717, 1.165) is 13.1 Å². The van der Waals surface area contributed by atoms with Crippen molar-refractivity contribution in [1.82, 2.24) is 10.2 Å². The van der Waals surface area contributed by atoms with Crippen LogP contribution in [0.15, 0.2) is 16.8 Å². The van der Waals surface area contributed by atoms with Gasteiger partial charge in [-0.1, -0.05) is 0 Å². The molecule has 0 radical (unpaired) electrons. The summed E-state index contributed by atoms with van der Waals surface area (Å²) in [6.07, 6.45) is 2.44. The number of nitrogens with one attached hydrogen (secondary N) is 1. The fraction of sp³-hybridized carbons (Fsp3) is 0.714. The first-order valence-corrected chi connectivity index (χ1v) is 7.51. The molecule has 17 heavy (non-hydrogen) atoms. The molecule has 3 heteroatoms. The van der Waals surface area contributed by atoms with Gasteiger partial charge in [0.15, 0.2) is 0 Å². The number of thiophene rings is 1. The van der Waals surface area contributed by atoms with E-state index in [0.29, 0.717) is 6.04 Å². The van der Waals surface area contributed by atoms with Crippen LogP contribution in [0.5, 0.6) is 0 Å². The third-order valence-corrected chi connectivity index (χ3v) is 4.39. The molecule has 1 aromatic heterocycles. The lowest BCUT2D eigenvalue weighted by Crippen LogP contribution is -2.47. The molecule has 1 fully saturated rings. The lowest BCUT2D eigenvalue weighted by Gasteiger charge is -2.32. The quantitative estimate of drug-likeness (QED) is 0.890. The van der Waals surface area contributed by atoms with E-state index in [2.05, 4.69) is 47.8 Å². The van der Waals surface area contributed by atoms with Crippen LogP contribution in [0.2, 0.25) is 0 Å². The number of rotatable bonds is 3. The van der Waals surface area contributed by atoms with Gasteiger partial charge in [0.05, 0.1) is 0 Å². The van der Waals surface area contributed by atoms with Gasteiger partial charge in [0, 0.05) is 24.7 Å². The van der Waals surface area contributed by atoms with E-state index in [9.17, 15) is 0 Å². The number of nitrogens with zero attached hydrogens (tertiary/aromatic N) is 1.